The maximum absolute atomic E-state index is 8.70. The van der Waals surface area contributed by atoms with E-state index in [4.69, 9.17) is 14.4 Å². The lowest BCUT2D eigenvalue weighted by atomic mass is 10.2. The number of hydrogen-bond acceptors (Lipinski definition) is 1. The Morgan fingerprint density at radius 2 is 1.17 bits per heavy atom. The van der Waals surface area contributed by atoms with Crippen LogP contribution in [-0.4, -0.2) is 9.79 Å². The largest absolute Gasteiger partial charge is 0.692 e. The average molecular weight is 187 g/mol. The maximum atomic E-state index is 8.70. The Balaban J connectivity index is 0.000000261. The molecule has 0 aromatic heterocycles. The van der Waals surface area contributed by atoms with E-state index in [-0.39, 0.29) is 0 Å². The topological polar surface area (TPSA) is 57.5 Å². The number of hydrogen-bond donors (Lipinski definition) is 2. The van der Waals surface area contributed by atoms with Crippen LogP contribution in [0.4, 0.5) is 0 Å². The molecule has 0 unspecified atom stereocenters. The quantitative estimate of drug-likeness (QED) is 0.610. The van der Waals surface area contributed by atoms with Gasteiger partial charge >= 0.3 is 8.25 Å². The minimum atomic E-state index is -2.87. The Labute approximate surface area is 72.6 Å². The van der Waals surface area contributed by atoms with Crippen molar-refractivity contribution in [1.82, 2.24) is 0 Å². The summed E-state index contributed by atoms with van der Waals surface area (Å²) in [5, 5.41) is 0. The summed E-state index contributed by atoms with van der Waals surface area (Å²) in [6, 6.07) is 8.48. The molecule has 0 radical (unpaired) electrons. The number of aryl methyl sites for hydroxylation is 2. The molecule has 0 saturated heterocycles. The Hall–Kier alpha value is -0.760. The molecule has 3 nitrogen and oxygen atoms in total. The zero-order chi connectivity index (χ0) is 9.56. The van der Waals surface area contributed by atoms with Crippen LogP contribution in [0.25, 0.3) is 0 Å². The van der Waals surface area contributed by atoms with Gasteiger partial charge in [-0.2, -0.15) is 0 Å². The van der Waals surface area contributed by atoms with E-state index >= 15 is 0 Å². The van der Waals surface area contributed by atoms with Gasteiger partial charge in [-0.05, 0) is 13.8 Å². The minimum Gasteiger partial charge on any atom is -0.134 e. The predicted octanol–water partition coefficient (Wildman–Crippen LogP) is 1.93. The van der Waals surface area contributed by atoms with Crippen molar-refractivity contribution < 1.29 is 14.4 Å². The predicted molar refractivity (Wildman–Crippen MR) is 48.0 cm³/mol. The van der Waals surface area contributed by atoms with Crippen LogP contribution in [0.1, 0.15) is 11.1 Å². The molecular weight excluding hydrogens is 175 g/mol. The zero-order valence-electron chi connectivity index (χ0n) is 7.06. The molecule has 0 bridgehead atoms. The second kappa shape index (κ2) is 5.84. The van der Waals surface area contributed by atoms with E-state index in [1.54, 1.807) is 0 Å². The van der Waals surface area contributed by atoms with Crippen LogP contribution in [0.5, 0.6) is 0 Å². The molecule has 0 amide bonds. The van der Waals surface area contributed by atoms with Gasteiger partial charge in [-0.25, -0.2) is 0 Å². The Kier molecular flexibility index (Phi) is 5.47. The molecule has 0 aliphatic heterocycles. The maximum Gasteiger partial charge on any atom is 0.692 e. The van der Waals surface area contributed by atoms with Crippen LogP contribution >= 0.6 is 8.25 Å². The highest BCUT2D eigenvalue weighted by Crippen LogP contribution is 1.99. The van der Waals surface area contributed by atoms with E-state index in [1.165, 1.54) is 11.1 Å². The monoisotopic (exact) mass is 187 g/mol. The lowest BCUT2D eigenvalue weighted by Gasteiger charge is -1.90. The van der Waals surface area contributed by atoms with Crippen molar-refractivity contribution in [2.24, 2.45) is 0 Å². The Morgan fingerprint density at radius 3 is 1.33 bits per heavy atom. The molecule has 0 heterocycles. The first-order valence-corrected chi connectivity index (χ1v) is 4.57. The molecule has 0 atom stereocenters. The molecular formula is C8H12O3P+. The Bertz CT molecular complexity index is 218. The number of rotatable bonds is 0. The van der Waals surface area contributed by atoms with Gasteiger partial charge in [0.25, 0.3) is 0 Å². The van der Waals surface area contributed by atoms with E-state index in [9.17, 15) is 0 Å². The fraction of sp³-hybridized carbons (Fsp3) is 0.250. The van der Waals surface area contributed by atoms with Gasteiger partial charge < -0.3 is 0 Å². The van der Waals surface area contributed by atoms with Gasteiger partial charge in [-0.1, -0.05) is 35.4 Å². The summed E-state index contributed by atoms with van der Waals surface area (Å²) in [5.74, 6) is 0. The minimum absolute atomic E-state index is 1.33. The van der Waals surface area contributed by atoms with Crippen molar-refractivity contribution in [2.45, 2.75) is 13.8 Å². The summed E-state index contributed by atoms with van der Waals surface area (Å²) in [7, 11) is -2.87. The first kappa shape index (κ1) is 11.2. The fourth-order valence-electron chi connectivity index (χ4n) is 0.637. The first-order valence-electron chi connectivity index (χ1n) is 3.40. The van der Waals surface area contributed by atoms with Crippen LogP contribution in [0.15, 0.2) is 24.3 Å². The molecule has 1 rings (SSSR count). The van der Waals surface area contributed by atoms with E-state index < -0.39 is 8.25 Å². The van der Waals surface area contributed by atoms with Crippen LogP contribution in [-0.2, 0) is 4.57 Å². The second-order valence-corrected chi connectivity index (χ2v) is 2.91. The average Bonchev–Trinajstić information content (AvgIpc) is 1.94. The molecule has 0 aliphatic carbocycles. The van der Waals surface area contributed by atoms with Gasteiger partial charge in [-0.3, -0.25) is 0 Å². The third kappa shape index (κ3) is 7.35. The molecule has 66 valence electrons. The van der Waals surface area contributed by atoms with Crippen LogP contribution in [0.3, 0.4) is 0 Å². The highest BCUT2D eigenvalue weighted by Gasteiger charge is 1.93. The summed E-state index contributed by atoms with van der Waals surface area (Å²) in [5.41, 5.74) is 2.66. The molecule has 1 aromatic carbocycles. The zero-order valence-corrected chi connectivity index (χ0v) is 7.95. The standard InChI is InChI=1S/C8H10.HO3P/c1-7-3-5-8(2)6-4-7;1-4(2)3/h3-6H,1-2H3;(H-,1,2,3)/p+1. The van der Waals surface area contributed by atoms with E-state index in [1.807, 2.05) is 0 Å². The van der Waals surface area contributed by atoms with Gasteiger partial charge in [0.15, 0.2) is 0 Å². The fourth-order valence-corrected chi connectivity index (χ4v) is 0.637. The first-order chi connectivity index (χ1) is 5.52. The molecule has 12 heavy (non-hydrogen) atoms. The van der Waals surface area contributed by atoms with Gasteiger partial charge in [0.2, 0.25) is 0 Å². The van der Waals surface area contributed by atoms with Crippen molar-refractivity contribution in [3.05, 3.63) is 35.4 Å². The molecule has 1 aromatic rings. The van der Waals surface area contributed by atoms with E-state index in [0.717, 1.165) is 0 Å². The number of benzene rings is 1. The summed E-state index contributed by atoms with van der Waals surface area (Å²) in [6.45, 7) is 4.19. The van der Waals surface area contributed by atoms with Crippen molar-refractivity contribution in [3.63, 3.8) is 0 Å². The lowest BCUT2D eigenvalue weighted by Crippen LogP contribution is -1.70. The van der Waals surface area contributed by atoms with Crippen molar-refractivity contribution in [3.8, 4) is 0 Å². The van der Waals surface area contributed by atoms with Crippen LogP contribution < -0.4 is 0 Å². The highest BCUT2D eigenvalue weighted by atomic mass is 31.1. The van der Waals surface area contributed by atoms with E-state index in [2.05, 4.69) is 38.1 Å². The lowest BCUT2D eigenvalue weighted by molar-refractivity contribution is 0.405. The van der Waals surface area contributed by atoms with Crippen molar-refractivity contribution >= 4 is 8.25 Å². The summed E-state index contributed by atoms with van der Waals surface area (Å²) >= 11 is 0. The molecule has 0 aliphatic rings. The third-order valence-corrected chi connectivity index (χ3v) is 1.22. The van der Waals surface area contributed by atoms with Crippen molar-refractivity contribution in [2.75, 3.05) is 0 Å². The SMILES string of the molecule is Cc1ccc(C)cc1.O=[P+](O)O. The molecule has 4 heteroatoms. The van der Waals surface area contributed by atoms with Gasteiger partial charge in [0.1, 0.15) is 0 Å². The molecule has 2 N–H and O–H groups in total. The Morgan fingerprint density at radius 1 is 1.00 bits per heavy atom. The summed E-state index contributed by atoms with van der Waals surface area (Å²) in [4.78, 5) is 14.2. The van der Waals surface area contributed by atoms with Gasteiger partial charge in [0, 0.05) is 4.57 Å². The summed E-state index contributed by atoms with van der Waals surface area (Å²) < 4.78 is 8.70. The molecule has 0 saturated carbocycles. The third-order valence-electron chi connectivity index (χ3n) is 1.22. The molecule has 0 fully saturated rings. The second-order valence-electron chi connectivity index (χ2n) is 2.41. The van der Waals surface area contributed by atoms with Crippen molar-refractivity contribution in [1.29, 1.82) is 0 Å². The van der Waals surface area contributed by atoms with Gasteiger partial charge in [0.05, 0.1) is 0 Å². The smallest absolute Gasteiger partial charge is 0.134 e. The van der Waals surface area contributed by atoms with Crippen LogP contribution in [0, 0.1) is 13.8 Å². The van der Waals surface area contributed by atoms with Gasteiger partial charge in [-0.15, -0.1) is 9.79 Å². The van der Waals surface area contributed by atoms with E-state index in [0.29, 0.717) is 0 Å². The summed E-state index contributed by atoms with van der Waals surface area (Å²) in [6.07, 6.45) is 0. The normalized spacial score (nSPS) is 8.33. The van der Waals surface area contributed by atoms with Crippen LogP contribution in [0.2, 0.25) is 0 Å². The highest BCUT2D eigenvalue weighted by molar-refractivity contribution is 7.30. The molecule has 0 spiro atoms.